The number of methoxy groups -OCH3 is 2. The maximum atomic E-state index is 12.2. The second-order valence-electron chi connectivity index (χ2n) is 6.39. The number of anilines is 1. The average Bonchev–Trinajstić information content (AvgIpc) is 3.15. The molecule has 2 N–H and O–H groups in total. The number of benzene rings is 1. The Morgan fingerprint density at radius 1 is 1.27 bits per heavy atom. The molecule has 0 saturated carbocycles. The summed E-state index contributed by atoms with van der Waals surface area (Å²) in [5.41, 5.74) is 1.73. The van der Waals surface area contributed by atoms with Crippen molar-refractivity contribution in [1.29, 1.82) is 0 Å². The van der Waals surface area contributed by atoms with Gasteiger partial charge < -0.3 is 20.1 Å². The summed E-state index contributed by atoms with van der Waals surface area (Å²) in [6, 6.07) is 5.67. The Morgan fingerprint density at radius 3 is 2.77 bits per heavy atom. The maximum absolute atomic E-state index is 12.2. The number of aromatic nitrogens is 1. The van der Waals surface area contributed by atoms with E-state index in [2.05, 4.69) is 15.6 Å². The van der Waals surface area contributed by atoms with Crippen molar-refractivity contribution in [3.05, 3.63) is 23.6 Å². The van der Waals surface area contributed by atoms with Gasteiger partial charge in [0.1, 0.15) is 0 Å². The van der Waals surface area contributed by atoms with Gasteiger partial charge in [0, 0.05) is 17.4 Å². The highest BCUT2D eigenvalue weighted by Crippen LogP contribution is 2.33. The summed E-state index contributed by atoms with van der Waals surface area (Å²) >= 11 is 1.43. The normalized spacial score (nSPS) is 14.8. The van der Waals surface area contributed by atoms with Crippen LogP contribution < -0.4 is 20.1 Å². The van der Waals surface area contributed by atoms with Crippen molar-refractivity contribution in [1.82, 2.24) is 10.3 Å². The van der Waals surface area contributed by atoms with Crippen molar-refractivity contribution in [2.75, 3.05) is 32.6 Å². The lowest BCUT2D eigenvalue weighted by Crippen LogP contribution is -2.28. The minimum absolute atomic E-state index is 0.0387. The molecule has 2 aromatic rings. The monoisotopic (exact) mass is 375 g/mol. The number of hydrogen-bond acceptors (Lipinski definition) is 6. The molecule has 1 aromatic heterocycles. The van der Waals surface area contributed by atoms with E-state index in [1.807, 2.05) is 23.6 Å². The first-order valence-corrected chi connectivity index (χ1v) is 9.76. The molecule has 1 saturated heterocycles. The van der Waals surface area contributed by atoms with Gasteiger partial charge in [-0.3, -0.25) is 4.79 Å². The number of nitrogens with zero attached hydrogens (tertiary/aromatic N) is 1. The van der Waals surface area contributed by atoms with Crippen molar-refractivity contribution in [2.45, 2.75) is 25.7 Å². The summed E-state index contributed by atoms with van der Waals surface area (Å²) in [5.74, 6) is 2.03. The quantitative estimate of drug-likeness (QED) is 0.774. The van der Waals surface area contributed by atoms with Crippen LogP contribution in [0.15, 0.2) is 23.6 Å². The molecular formula is C19H25N3O3S. The highest BCUT2D eigenvalue weighted by atomic mass is 32.1. The largest absolute Gasteiger partial charge is 0.493 e. The molecule has 0 radical (unpaired) electrons. The van der Waals surface area contributed by atoms with Gasteiger partial charge in [-0.05, 0) is 56.5 Å². The van der Waals surface area contributed by atoms with Crippen molar-refractivity contribution in [3.63, 3.8) is 0 Å². The van der Waals surface area contributed by atoms with Crippen molar-refractivity contribution >= 4 is 22.4 Å². The zero-order valence-electron chi connectivity index (χ0n) is 15.2. The highest BCUT2D eigenvalue weighted by Gasteiger charge is 2.15. The Morgan fingerprint density at radius 2 is 2.04 bits per heavy atom. The molecule has 140 valence electrons. The van der Waals surface area contributed by atoms with Crippen LogP contribution in [-0.2, 0) is 4.79 Å². The van der Waals surface area contributed by atoms with Crippen LogP contribution in [0.5, 0.6) is 11.5 Å². The van der Waals surface area contributed by atoms with E-state index in [1.165, 1.54) is 11.3 Å². The van der Waals surface area contributed by atoms with Crippen LogP contribution in [0, 0.1) is 5.92 Å². The summed E-state index contributed by atoms with van der Waals surface area (Å²) in [7, 11) is 3.22. The van der Waals surface area contributed by atoms with Gasteiger partial charge in [0.2, 0.25) is 5.91 Å². The lowest BCUT2D eigenvalue weighted by molar-refractivity contribution is -0.116. The molecule has 6 nitrogen and oxygen atoms in total. The number of ether oxygens (including phenoxy) is 2. The molecule has 0 spiro atoms. The van der Waals surface area contributed by atoms with Gasteiger partial charge >= 0.3 is 0 Å². The second-order valence-corrected chi connectivity index (χ2v) is 7.25. The molecule has 0 unspecified atom stereocenters. The molecule has 7 heteroatoms. The smallest absolute Gasteiger partial charge is 0.226 e. The third-order valence-electron chi connectivity index (χ3n) is 4.67. The van der Waals surface area contributed by atoms with Gasteiger partial charge in [0.25, 0.3) is 0 Å². The zero-order valence-corrected chi connectivity index (χ0v) is 16.0. The molecule has 0 aliphatic carbocycles. The lowest BCUT2D eigenvalue weighted by Gasteiger charge is -2.21. The molecule has 1 aliphatic rings. The van der Waals surface area contributed by atoms with Crippen LogP contribution in [0.4, 0.5) is 5.13 Å². The number of thiazole rings is 1. The summed E-state index contributed by atoms with van der Waals surface area (Å²) < 4.78 is 10.6. The fraction of sp³-hybridized carbons (Fsp3) is 0.474. The first-order chi connectivity index (χ1) is 12.7. The SMILES string of the molecule is COc1ccc(-c2csc(NC(=O)CCC3CCNCC3)n2)cc1OC. The molecule has 3 rings (SSSR count). The molecule has 1 aromatic carbocycles. The molecule has 1 aliphatic heterocycles. The Kier molecular flexibility index (Phi) is 6.46. The molecule has 26 heavy (non-hydrogen) atoms. The number of piperidine rings is 1. The number of carbonyl (C=O) groups excluding carboxylic acids is 1. The predicted molar refractivity (Wildman–Crippen MR) is 104 cm³/mol. The van der Waals surface area contributed by atoms with Gasteiger partial charge in [0.15, 0.2) is 16.6 Å². The van der Waals surface area contributed by atoms with Crippen molar-refractivity contribution in [3.8, 4) is 22.8 Å². The molecular weight excluding hydrogens is 350 g/mol. The minimum Gasteiger partial charge on any atom is -0.493 e. The number of hydrogen-bond donors (Lipinski definition) is 2. The molecule has 0 atom stereocenters. The average molecular weight is 375 g/mol. The fourth-order valence-electron chi connectivity index (χ4n) is 3.15. The Bertz CT molecular complexity index is 741. The Hall–Kier alpha value is -2.12. The van der Waals surface area contributed by atoms with Crippen LogP contribution in [0.3, 0.4) is 0 Å². The van der Waals surface area contributed by atoms with Crippen molar-refractivity contribution in [2.24, 2.45) is 5.92 Å². The van der Waals surface area contributed by atoms with Gasteiger partial charge in [-0.2, -0.15) is 0 Å². The number of amides is 1. The predicted octanol–water partition coefficient (Wildman–Crippen LogP) is 3.55. The summed E-state index contributed by atoms with van der Waals surface area (Å²) in [5, 5.41) is 8.83. The van der Waals surface area contributed by atoms with Crippen LogP contribution in [-0.4, -0.2) is 38.2 Å². The van der Waals surface area contributed by atoms with Crippen LogP contribution >= 0.6 is 11.3 Å². The first-order valence-electron chi connectivity index (χ1n) is 8.88. The summed E-state index contributed by atoms with van der Waals surface area (Å²) in [6.07, 6.45) is 3.82. The van der Waals surface area contributed by atoms with E-state index in [-0.39, 0.29) is 5.91 Å². The second kappa shape index (κ2) is 9.00. The van der Waals surface area contributed by atoms with E-state index in [4.69, 9.17) is 9.47 Å². The molecule has 1 fully saturated rings. The van der Waals surface area contributed by atoms with Gasteiger partial charge in [-0.15, -0.1) is 11.3 Å². The first kappa shape index (κ1) is 18.7. The van der Waals surface area contributed by atoms with Crippen LogP contribution in [0.25, 0.3) is 11.3 Å². The standard InChI is InChI=1S/C19H25N3O3S/c1-24-16-5-4-14(11-17(16)25-2)15-12-26-19(21-15)22-18(23)6-3-13-7-9-20-10-8-13/h4-5,11-13,20H,3,6-10H2,1-2H3,(H,21,22,23). The minimum atomic E-state index is 0.0387. The van der Waals surface area contributed by atoms with Crippen LogP contribution in [0.1, 0.15) is 25.7 Å². The van der Waals surface area contributed by atoms with E-state index in [0.717, 1.165) is 43.6 Å². The highest BCUT2D eigenvalue weighted by molar-refractivity contribution is 7.14. The molecule has 1 amide bonds. The fourth-order valence-corrected chi connectivity index (χ4v) is 3.88. The molecule has 0 bridgehead atoms. The topological polar surface area (TPSA) is 72.5 Å². The lowest BCUT2D eigenvalue weighted by atomic mass is 9.93. The van der Waals surface area contributed by atoms with Gasteiger partial charge in [-0.25, -0.2) is 4.98 Å². The maximum Gasteiger partial charge on any atom is 0.226 e. The summed E-state index contributed by atoms with van der Waals surface area (Å²) in [4.78, 5) is 16.7. The van der Waals surface area contributed by atoms with E-state index < -0.39 is 0 Å². The third kappa shape index (κ3) is 4.74. The number of rotatable bonds is 7. The van der Waals surface area contributed by atoms with Gasteiger partial charge in [-0.1, -0.05) is 0 Å². The van der Waals surface area contributed by atoms with Crippen molar-refractivity contribution < 1.29 is 14.3 Å². The van der Waals surface area contributed by atoms with Crippen LogP contribution in [0.2, 0.25) is 0 Å². The number of nitrogens with one attached hydrogen (secondary N) is 2. The van der Waals surface area contributed by atoms with E-state index >= 15 is 0 Å². The summed E-state index contributed by atoms with van der Waals surface area (Å²) in [6.45, 7) is 2.13. The third-order valence-corrected chi connectivity index (χ3v) is 5.43. The van der Waals surface area contributed by atoms with E-state index in [0.29, 0.717) is 29.0 Å². The number of carbonyl (C=O) groups is 1. The van der Waals surface area contributed by atoms with Gasteiger partial charge in [0.05, 0.1) is 19.9 Å². The Balaban J connectivity index is 1.58. The van der Waals surface area contributed by atoms with E-state index in [9.17, 15) is 4.79 Å². The Labute approximate surface area is 157 Å². The zero-order chi connectivity index (χ0) is 18.4. The molecule has 2 heterocycles. The van der Waals surface area contributed by atoms with E-state index in [1.54, 1.807) is 14.2 Å².